The standard InChI is InChI=1S/C18H19N3O.H2/c1-12-5-6-13(2)15(9-12)18-14(11-19)10-16(20-18)17(22)7-8-21(3)4;/h5-10,20H,1-4H3;1H/b8-7+;. The van der Waals surface area contributed by atoms with E-state index in [1.54, 1.807) is 17.2 Å². The van der Waals surface area contributed by atoms with Crippen LogP contribution in [0.4, 0.5) is 0 Å². The first-order valence-electron chi connectivity index (χ1n) is 7.02. The average molecular weight is 295 g/mol. The van der Waals surface area contributed by atoms with Gasteiger partial charge in [0, 0.05) is 33.4 Å². The zero-order valence-electron chi connectivity index (χ0n) is 13.3. The van der Waals surface area contributed by atoms with Gasteiger partial charge in [-0.3, -0.25) is 4.79 Å². The normalized spacial score (nSPS) is 10.7. The highest BCUT2D eigenvalue weighted by Crippen LogP contribution is 2.27. The van der Waals surface area contributed by atoms with Crippen molar-refractivity contribution in [1.82, 2.24) is 9.88 Å². The number of carbonyl (C=O) groups excluding carboxylic acids is 1. The van der Waals surface area contributed by atoms with Crippen molar-refractivity contribution in [3.63, 3.8) is 0 Å². The van der Waals surface area contributed by atoms with Crippen LogP contribution in [-0.2, 0) is 0 Å². The second kappa shape index (κ2) is 6.31. The molecule has 0 spiro atoms. The predicted molar refractivity (Wildman–Crippen MR) is 89.7 cm³/mol. The summed E-state index contributed by atoms with van der Waals surface area (Å²) in [5.41, 5.74) is 4.73. The van der Waals surface area contributed by atoms with E-state index in [4.69, 9.17) is 0 Å². The van der Waals surface area contributed by atoms with Gasteiger partial charge in [-0.05, 0) is 31.5 Å². The van der Waals surface area contributed by atoms with Crippen LogP contribution in [0, 0.1) is 25.2 Å². The Morgan fingerprint density at radius 2 is 2.05 bits per heavy atom. The maximum Gasteiger partial charge on any atom is 0.203 e. The summed E-state index contributed by atoms with van der Waals surface area (Å²) in [6.07, 6.45) is 3.17. The molecule has 2 rings (SSSR count). The summed E-state index contributed by atoms with van der Waals surface area (Å²) in [5.74, 6) is -0.151. The van der Waals surface area contributed by atoms with E-state index >= 15 is 0 Å². The number of aromatic nitrogens is 1. The monoisotopic (exact) mass is 295 g/mol. The molecule has 1 aromatic carbocycles. The van der Waals surface area contributed by atoms with Crippen molar-refractivity contribution in [1.29, 1.82) is 5.26 Å². The molecule has 2 aromatic rings. The van der Waals surface area contributed by atoms with E-state index in [-0.39, 0.29) is 7.21 Å². The number of nitrogens with zero attached hydrogens (tertiary/aromatic N) is 2. The fourth-order valence-corrected chi connectivity index (χ4v) is 2.20. The van der Waals surface area contributed by atoms with Crippen molar-refractivity contribution in [2.45, 2.75) is 13.8 Å². The SMILES string of the molecule is Cc1ccc(C)c(-c2[nH]c(C(=O)/C=C/N(C)C)cc2C#N)c1.[HH]. The molecule has 22 heavy (non-hydrogen) atoms. The first-order chi connectivity index (χ1) is 10.4. The highest BCUT2D eigenvalue weighted by atomic mass is 16.1. The highest BCUT2D eigenvalue weighted by molar-refractivity contribution is 6.04. The Kier molecular flexibility index (Phi) is 4.47. The molecule has 4 heteroatoms. The molecule has 0 fully saturated rings. The molecule has 0 saturated carbocycles. The number of aryl methyl sites for hydroxylation is 2. The number of nitriles is 1. The lowest BCUT2D eigenvalue weighted by molar-refractivity contribution is 0.104. The molecule has 0 amide bonds. The Morgan fingerprint density at radius 1 is 1.32 bits per heavy atom. The van der Waals surface area contributed by atoms with Crippen molar-refractivity contribution in [2.75, 3.05) is 14.1 Å². The molecular weight excluding hydrogens is 274 g/mol. The van der Waals surface area contributed by atoms with Crippen LogP contribution in [0.1, 0.15) is 28.6 Å². The molecule has 0 aliphatic rings. The Balaban J connectivity index is 0.00000264. The van der Waals surface area contributed by atoms with Gasteiger partial charge in [0.25, 0.3) is 0 Å². The number of allylic oxidation sites excluding steroid dienone is 1. The van der Waals surface area contributed by atoms with Crippen molar-refractivity contribution >= 4 is 5.78 Å². The molecule has 0 unspecified atom stereocenters. The van der Waals surface area contributed by atoms with E-state index in [1.165, 1.54) is 6.08 Å². The lowest BCUT2D eigenvalue weighted by Crippen LogP contribution is -2.03. The van der Waals surface area contributed by atoms with Crippen LogP contribution in [0.25, 0.3) is 11.3 Å². The predicted octanol–water partition coefficient (Wildman–Crippen LogP) is 3.67. The largest absolute Gasteiger partial charge is 0.383 e. The maximum absolute atomic E-state index is 12.2. The molecule has 0 saturated heterocycles. The summed E-state index contributed by atoms with van der Waals surface area (Å²) in [6, 6.07) is 9.83. The van der Waals surface area contributed by atoms with Crippen LogP contribution in [-0.4, -0.2) is 29.8 Å². The fourth-order valence-electron chi connectivity index (χ4n) is 2.20. The molecular formula is C18H21N3O. The van der Waals surface area contributed by atoms with Gasteiger partial charge in [-0.25, -0.2) is 0 Å². The van der Waals surface area contributed by atoms with Gasteiger partial charge in [-0.1, -0.05) is 17.7 Å². The van der Waals surface area contributed by atoms with E-state index in [0.717, 1.165) is 16.7 Å². The molecule has 0 aliphatic heterocycles. The van der Waals surface area contributed by atoms with Crippen molar-refractivity contribution in [3.05, 3.63) is 58.9 Å². The first-order valence-corrected chi connectivity index (χ1v) is 7.02. The summed E-state index contributed by atoms with van der Waals surface area (Å²) in [6.45, 7) is 3.99. The van der Waals surface area contributed by atoms with E-state index < -0.39 is 0 Å². The fraction of sp³-hybridized carbons (Fsp3) is 0.222. The van der Waals surface area contributed by atoms with Gasteiger partial charge in [0.2, 0.25) is 5.78 Å². The van der Waals surface area contributed by atoms with Crippen molar-refractivity contribution in [3.8, 4) is 17.3 Å². The minimum Gasteiger partial charge on any atom is -0.383 e. The van der Waals surface area contributed by atoms with E-state index in [2.05, 4.69) is 11.1 Å². The molecule has 0 aliphatic carbocycles. The number of ketones is 1. The molecule has 1 heterocycles. The van der Waals surface area contributed by atoms with Crippen LogP contribution in [0.5, 0.6) is 0 Å². The lowest BCUT2D eigenvalue weighted by Gasteiger charge is -2.06. The molecule has 4 nitrogen and oxygen atoms in total. The number of H-pyrrole nitrogens is 1. The Labute approximate surface area is 132 Å². The van der Waals surface area contributed by atoms with Gasteiger partial charge in [0.1, 0.15) is 6.07 Å². The summed E-state index contributed by atoms with van der Waals surface area (Å²) in [7, 11) is 3.70. The zero-order chi connectivity index (χ0) is 16.3. The third kappa shape index (κ3) is 3.26. The molecule has 1 N–H and O–H groups in total. The Morgan fingerprint density at radius 3 is 2.68 bits per heavy atom. The zero-order valence-corrected chi connectivity index (χ0v) is 13.3. The minimum absolute atomic E-state index is 0. The van der Waals surface area contributed by atoms with Crippen LogP contribution in [0.15, 0.2) is 36.5 Å². The number of hydrogen-bond acceptors (Lipinski definition) is 3. The highest BCUT2D eigenvalue weighted by Gasteiger charge is 2.15. The third-order valence-electron chi connectivity index (χ3n) is 3.39. The smallest absolute Gasteiger partial charge is 0.203 e. The Bertz CT molecular complexity index is 782. The van der Waals surface area contributed by atoms with Crippen LogP contribution < -0.4 is 0 Å². The molecule has 1 aromatic heterocycles. The van der Waals surface area contributed by atoms with Gasteiger partial charge in [0.15, 0.2) is 0 Å². The number of aromatic amines is 1. The minimum atomic E-state index is -0.151. The quantitative estimate of drug-likeness (QED) is 0.691. The van der Waals surface area contributed by atoms with Gasteiger partial charge >= 0.3 is 0 Å². The lowest BCUT2D eigenvalue weighted by atomic mass is 10.0. The van der Waals surface area contributed by atoms with Gasteiger partial charge in [-0.2, -0.15) is 5.26 Å². The summed E-state index contributed by atoms with van der Waals surface area (Å²) < 4.78 is 0. The number of carbonyl (C=O) groups is 1. The first kappa shape index (κ1) is 15.6. The van der Waals surface area contributed by atoms with Crippen molar-refractivity contribution in [2.24, 2.45) is 0 Å². The molecule has 0 bridgehead atoms. The second-order valence-corrected chi connectivity index (χ2v) is 5.55. The van der Waals surface area contributed by atoms with Gasteiger partial charge < -0.3 is 9.88 Å². The summed E-state index contributed by atoms with van der Waals surface area (Å²) in [5, 5.41) is 9.35. The number of nitrogens with one attached hydrogen (secondary N) is 1. The van der Waals surface area contributed by atoms with Crippen molar-refractivity contribution < 1.29 is 6.22 Å². The van der Waals surface area contributed by atoms with Gasteiger partial charge in [0.05, 0.1) is 17.0 Å². The molecule has 114 valence electrons. The average Bonchev–Trinajstić information content (AvgIpc) is 2.91. The number of rotatable bonds is 4. The van der Waals surface area contributed by atoms with Crippen LogP contribution in [0.3, 0.4) is 0 Å². The van der Waals surface area contributed by atoms with E-state index in [9.17, 15) is 10.1 Å². The molecule has 0 radical (unpaired) electrons. The van der Waals surface area contributed by atoms with Gasteiger partial charge in [-0.15, -0.1) is 0 Å². The maximum atomic E-state index is 12.2. The number of hydrogen-bond donors (Lipinski definition) is 1. The summed E-state index contributed by atoms with van der Waals surface area (Å²) in [4.78, 5) is 17.0. The van der Waals surface area contributed by atoms with E-state index in [1.807, 2.05) is 46.1 Å². The van der Waals surface area contributed by atoms with Crippen LogP contribution in [0.2, 0.25) is 0 Å². The third-order valence-corrected chi connectivity index (χ3v) is 3.39. The summed E-state index contributed by atoms with van der Waals surface area (Å²) >= 11 is 0. The van der Waals surface area contributed by atoms with Crippen LogP contribution >= 0.6 is 0 Å². The Hall–Kier alpha value is -2.80. The molecule has 0 atom stereocenters. The number of benzene rings is 1. The van der Waals surface area contributed by atoms with E-state index in [0.29, 0.717) is 17.0 Å². The topological polar surface area (TPSA) is 59.9 Å². The second-order valence-electron chi connectivity index (χ2n) is 5.55.